The van der Waals surface area contributed by atoms with Gasteiger partial charge in [0.2, 0.25) is 0 Å². The Morgan fingerprint density at radius 3 is 2.37 bits per heavy atom. The zero-order chi connectivity index (χ0) is 21.3. The summed E-state index contributed by atoms with van der Waals surface area (Å²) in [6, 6.07) is 14.9. The molecule has 0 fully saturated rings. The van der Waals surface area contributed by atoms with Gasteiger partial charge in [0.25, 0.3) is 11.8 Å². The molecule has 3 aromatic rings. The maximum Gasteiger partial charge on any atom is 0.259 e. The van der Waals surface area contributed by atoms with E-state index in [2.05, 4.69) is 5.32 Å². The van der Waals surface area contributed by atoms with E-state index in [1.165, 1.54) is 41.5 Å². The van der Waals surface area contributed by atoms with E-state index in [-0.39, 0.29) is 16.1 Å². The van der Waals surface area contributed by atoms with Gasteiger partial charge in [-0.15, -0.1) is 0 Å². The van der Waals surface area contributed by atoms with Crippen LogP contribution in [0, 0.1) is 5.82 Å². The van der Waals surface area contributed by atoms with E-state index in [1.807, 2.05) is 28.6 Å². The summed E-state index contributed by atoms with van der Waals surface area (Å²) in [6.07, 6.45) is 0. The summed E-state index contributed by atoms with van der Waals surface area (Å²) in [5.74, 6) is -2.16. The number of nitrogens with zero attached hydrogens (tertiary/aromatic N) is 2. The average Bonchev–Trinajstić information content (AvgIpc) is 3.31. The first kappa shape index (κ1) is 20.4. The van der Waals surface area contributed by atoms with Crippen LogP contribution in [0.5, 0.6) is 0 Å². The molecule has 0 spiro atoms. The van der Waals surface area contributed by atoms with Gasteiger partial charge in [-0.25, -0.2) is 8.70 Å². The smallest absolute Gasteiger partial charge is 0.259 e. The predicted octanol–water partition coefficient (Wildman–Crippen LogP) is 4.01. The van der Waals surface area contributed by atoms with Gasteiger partial charge in [0.05, 0.1) is 23.3 Å². The highest BCUT2D eigenvalue weighted by atomic mass is 32.2. The van der Waals surface area contributed by atoms with Gasteiger partial charge in [0, 0.05) is 13.1 Å². The normalized spacial score (nSPS) is 13.1. The molecule has 0 radical (unpaired) electrons. The Hall–Kier alpha value is -2.92. The van der Waals surface area contributed by atoms with Crippen molar-refractivity contribution in [2.75, 3.05) is 9.79 Å². The first-order chi connectivity index (χ1) is 14.4. The Balaban J connectivity index is 1.50. The largest absolute Gasteiger partial charge is 0.366 e. The molecule has 0 unspecified atom stereocenters. The summed E-state index contributed by atoms with van der Waals surface area (Å²) in [4.78, 5) is 24.2. The fourth-order valence-corrected chi connectivity index (χ4v) is 4.91. The van der Waals surface area contributed by atoms with Gasteiger partial charge in [0.15, 0.2) is 0 Å². The number of benzene rings is 2. The van der Waals surface area contributed by atoms with E-state index < -0.39 is 17.6 Å². The summed E-state index contributed by atoms with van der Waals surface area (Å²) in [7, 11) is 0. The van der Waals surface area contributed by atoms with E-state index in [9.17, 15) is 19.2 Å². The third kappa shape index (κ3) is 4.17. The van der Waals surface area contributed by atoms with Gasteiger partial charge in [-0.05, 0) is 29.3 Å². The first-order valence-corrected chi connectivity index (χ1v) is 10.5. The Labute approximate surface area is 180 Å². The number of carbonyl (C=O) groups excluding carboxylic acids is 2. The summed E-state index contributed by atoms with van der Waals surface area (Å²) < 4.78 is 16.7. The maximum absolute atomic E-state index is 13.9. The number of nitrogens with two attached hydrogens (primary N) is 1. The van der Waals surface area contributed by atoms with Crippen molar-refractivity contribution in [2.24, 2.45) is 5.73 Å². The number of anilines is 2. The van der Waals surface area contributed by atoms with Crippen LogP contribution in [0.3, 0.4) is 0 Å². The standard InChI is InChI=1S/C20H17FN4O3S2/c21-16-8-4-3-7-14(16)19(27)23-20-15(18(22)26)9-17(29-20)25(28)30-24-10-12-5-1-2-6-13(12)11-24/h1-9,28H,10-11H2,(H2,22,26)(H,23,27). The molecular formula is C20H17FN4O3S2. The van der Waals surface area contributed by atoms with Crippen LogP contribution >= 0.6 is 23.5 Å². The van der Waals surface area contributed by atoms with E-state index in [0.29, 0.717) is 18.1 Å². The monoisotopic (exact) mass is 444 g/mol. The molecule has 154 valence electrons. The zero-order valence-corrected chi connectivity index (χ0v) is 17.2. The van der Waals surface area contributed by atoms with Gasteiger partial charge in [-0.3, -0.25) is 14.8 Å². The van der Waals surface area contributed by atoms with Crippen molar-refractivity contribution in [3.05, 3.63) is 82.7 Å². The molecule has 2 aromatic carbocycles. The lowest BCUT2D eigenvalue weighted by atomic mass is 10.1. The number of halogens is 1. The lowest BCUT2D eigenvalue weighted by Crippen LogP contribution is -2.17. The molecule has 0 aliphatic carbocycles. The van der Waals surface area contributed by atoms with Crippen molar-refractivity contribution in [1.82, 2.24) is 4.31 Å². The first-order valence-electron chi connectivity index (χ1n) is 8.90. The topological polar surface area (TPSA) is 98.9 Å². The van der Waals surface area contributed by atoms with Crippen LogP contribution in [0.15, 0.2) is 54.6 Å². The minimum absolute atomic E-state index is 0.0315. The number of primary amides is 1. The van der Waals surface area contributed by atoms with E-state index in [1.54, 1.807) is 0 Å². The highest BCUT2D eigenvalue weighted by Crippen LogP contribution is 2.39. The van der Waals surface area contributed by atoms with Crippen molar-refractivity contribution in [1.29, 1.82) is 0 Å². The van der Waals surface area contributed by atoms with Crippen molar-refractivity contribution in [2.45, 2.75) is 13.1 Å². The van der Waals surface area contributed by atoms with Crippen LogP contribution in [0.1, 0.15) is 31.8 Å². The molecule has 7 nitrogen and oxygen atoms in total. The fourth-order valence-electron chi connectivity index (χ4n) is 3.07. The van der Waals surface area contributed by atoms with Crippen molar-refractivity contribution in [3.8, 4) is 0 Å². The van der Waals surface area contributed by atoms with Gasteiger partial charge in [-0.2, -0.15) is 4.47 Å². The number of fused-ring (bicyclic) bond motifs is 1. The van der Waals surface area contributed by atoms with Crippen LogP contribution < -0.4 is 15.5 Å². The van der Waals surface area contributed by atoms with Gasteiger partial charge in [-0.1, -0.05) is 47.7 Å². The van der Waals surface area contributed by atoms with Crippen LogP contribution in [0.25, 0.3) is 0 Å². The Bertz CT molecular complexity index is 1100. The molecule has 0 saturated heterocycles. The Morgan fingerprint density at radius 1 is 1.10 bits per heavy atom. The lowest BCUT2D eigenvalue weighted by Gasteiger charge is -2.19. The molecule has 1 aliphatic heterocycles. The van der Waals surface area contributed by atoms with Crippen LogP contribution in [-0.4, -0.2) is 21.3 Å². The molecule has 0 bridgehead atoms. The third-order valence-corrected chi connectivity index (χ3v) is 6.51. The van der Waals surface area contributed by atoms with Crippen molar-refractivity contribution >= 4 is 45.3 Å². The predicted molar refractivity (Wildman–Crippen MR) is 115 cm³/mol. The molecule has 0 saturated carbocycles. The van der Waals surface area contributed by atoms with E-state index in [4.69, 9.17) is 5.73 Å². The number of rotatable bonds is 6. The van der Waals surface area contributed by atoms with Gasteiger partial charge >= 0.3 is 0 Å². The quantitative estimate of drug-likeness (QED) is 0.392. The zero-order valence-electron chi connectivity index (χ0n) is 15.5. The van der Waals surface area contributed by atoms with Crippen molar-refractivity contribution < 1.29 is 19.2 Å². The molecule has 1 aromatic heterocycles. The lowest BCUT2D eigenvalue weighted by molar-refractivity contribution is 0.100. The summed E-state index contributed by atoms with van der Waals surface area (Å²) in [6.45, 7) is 1.31. The maximum atomic E-state index is 13.9. The summed E-state index contributed by atoms with van der Waals surface area (Å²) >= 11 is 2.04. The minimum Gasteiger partial charge on any atom is -0.366 e. The molecule has 2 amide bonds. The molecule has 4 rings (SSSR count). The summed E-state index contributed by atoms with van der Waals surface area (Å²) in [5, 5.41) is 13.5. The third-order valence-electron chi connectivity index (χ3n) is 4.52. The molecule has 2 heterocycles. The van der Waals surface area contributed by atoms with Crippen LogP contribution in [-0.2, 0) is 13.1 Å². The van der Waals surface area contributed by atoms with Crippen molar-refractivity contribution in [3.63, 3.8) is 0 Å². The van der Waals surface area contributed by atoms with E-state index in [0.717, 1.165) is 27.9 Å². The number of hydrogen-bond acceptors (Lipinski definition) is 7. The number of amides is 2. The molecule has 30 heavy (non-hydrogen) atoms. The SMILES string of the molecule is NC(=O)c1cc(N(O)SN2Cc3ccccc3C2)sc1NC(=O)c1ccccc1F. The number of thiophene rings is 1. The van der Waals surface area contributed by atoms with Crippen LogP contribution in [0.4, 0.5) is 14.4 Å². The van der Waals surface area contributed by atoms with Gasteiger partial charge < -0.3 is 11.1 Å². The highest BCUT2D eigenvalue weighted by molar-refractivity contribution is 7.98. The molecule has 1 aliphatic rings. The second-order valence-corrected chi connectivity index (χ2v) is 8.60. The Kier molecular flexibility index (Phi) is 5.73. The number of hydrogen-bond donors (Lipinski definition) is 3. The highest BCUT2D eigenvalue weighted by Gasteiger charge is 2.25. The molecule has 10 heteroatoms. The second kappa shape index (κ2) is 8.44. The fraction of sp³-hybridized carbons (Fsp3) is 0.100. The molecule has 4 N–H and O–H groups in total. The Morgan fingerprint density at radius 2 is 1.73 bits per heavy atom. The van der Waals surface area contributed by atoms with Gasteiger partial charge in [0.1, 0.15) is 15.8 Å². The summed E-state index contributed by atoms with van der Waals surface area (Å²) in [5.41, 5.74) is 7.65. The molecular weight excluding hydrogens is 427 g/mol. The number of nitrogens with one attached hydrogen (secondary N) is 1. The van der Waals surface area contributed by atoms with E-state index >= 15 is 0 Å². The molecule has 0 atom stereocenters. The number of carbonyl (C=O) groups is 2. The van der Waals surface area contributed by atoms with Crippen LogP contribution in [0.2, 0.25) is 0 Å². The average molecular weight is 445 g/mol. The second-order valence-electron chi connectivity index (χ2n) is 6.55. The minimum atomic E-state index is -0.770.